The summed E-state index contributed by atoms with van der Waals surface area (Å²) in [4.78, 5) is 12.7. The van der Waals surface area contributed by atoms with Crippen molar-refractivity contribution in [1.82, 2.24) is 15.0 Å². The number of aliphatic carboxylic acids is 1. The van der Waals surface area contributed by atoms with Crippen molar-refractivity contribution in [1.29, 1.82) is 0 Å². The first-order chi connectivity index (χ1) is 16.5. The van der Waals surface area contributed by atoms with Crippen molar-refractivity contribution in [3.8, 4) is 22.9 Å². The van der Waals surface area contributed by atoms with Crippen LogP contribution in [0, 0.1) is 0 Å². The Kier molecular flexibility index (Phi) is 7.18. The van der Waals surface area contributed by atoms with E-state index in [0.717, 1.165) is 11.0 Å². The highest BCUT2D eigenvalue weighted by Crippen LogP contribution is 2.31. The van der Waals surface area contributed by atoms with Crippen molar-refractivity contribution in [3.05, 3.63) is 71.2 Å². The maximum Gasteiger partial charge on any atom is 0.310 e. The van der Waals surface area contributed by atoms with E-state index in [1.807, 2.05) is 24.3 Å². The highest BCUT2D eigenvalue weighted by atomic mass is 35.5. The number of aromatic nitrogens is 3. The van der Waals surface area contributed by atoms with Crippen LogP contribution in [0.1, 0.15) is 24.8 Å². The Morgan fingerprint density at radius 2 is 1.62 bits per heavy atom. The van der Waals surface area contributed by atoms with Gasteiger partial charge in [-0.05, 0) is 55.0 Å². The molecule has 1 heterocycles. The van der Waals surface area contributed by atoms with Gasteiger partial charge in [0.05, 0.1) is 26.2 Å². The molecule has 0 aliphatic heterocycles. The first-order valence-electron chi connectivity index (χ1n) is 10.7. The molecular formula is C25H24ClN3O5. The largest absolute Gasteiger partial charge is 0.493 e. The smallest absolute Gasteiger partial charge is 0.310 e. The number of hydrogen-bond acceptors (Lipinski definition) is 6. The zero-order chi connectivity index (χ0) is 24.1. The molecule has 1 N–H and O–H groups in total. The van der Waals surface area contributed by atoms with E-state index >= 15 is 0 Å². The second kappa shape index (κ2) is 10.4. The van der Waals surface area contributed by atoms with Gasteiger partial charge in [0.2, 0.25) is 0 Å². The molecule has 1 aromatic heterocycles. The third-order valence-corrected chi connectivity index (χ3v) is 5.52. The summed E-state index contributed by atoms with van der Waals surface area (Å²) in [7, 11) is 1.52. The van der Waals surface area contributed by atoms with Crippen LogP contribution < -0.4 is 14.2 Å². The quantitative estimate of drug-likeness (QED) is 0.314. The Labute approximate surface area is 201 Å². The van der Waals surface area contributed by atoms with E-state index in [0.29, 0.717) is 53.2 Å². The number of carboxylic acids is 1. The molecule has 176 valence electrons. The minimum absolute atomic E-state index is 0.386. The Morgan fingerprint density at radius 3 is 2.26 bits per heavy atom. The third-order valence-electron chi connectivity index (χ3n) is 5.29. The van der Waals surface area contributed by atoms with Gasteiger partial charge in [-0.25, -0.2) is 0 Å². The van der Waals surface area contributed by atoms with Crippen LogP contribution in [0.25, 0.3) is 16.7 Å². The van der Waals surface area contributed by atoms with Crippen molar-refractivity contribution in [2.75, 3.05) is 20.3 Å². The molecule has 0 spiro atoms. The number of methoxy groups -OCH3 is 1. The van der Waals surface area contributed by atoms with Gasteiger partial charge in [-0.3, -0.25) is 4.79 Å². The van der Waals surface area contributed by atoms with Crippen LogP contribution in [0.4, 0.5) is 0 Å². The van der Waals surface area contributed by atoms with Crippen molar-refractivity contribution < 1.29 is 24.1 Å². The highest BCUT2D eigenvalue weighted by molar-refractivity contribution is 6.30. The summed E-state index contributed by atoms with van der Waals surface area (Å²) in [5.41, 5.74) is 2.85. The maximum atomic E-state index is 11.2. The van der Waals surface area contributed by atoms with Crippen LogP contribution in [0.3, 0.4) is 0 Å². The molecule has 1 unspecified atom stereocenters. The summed E-state index contributed by atoms with van der Waals surface area (Å²) >= 11 is 6.20. The van der Waals surface area contributed by atoms with Crippen molar-refractivity contribution in [3.63, 3.8) is 0 Å². The van der Waals surface area contributed by atoms with Crippen LogP contribution in [-0.4, -0.2) is 46.4 Å². The van der Waals surface area contributed by atoms with Gasteiger partial charge in [0, 0.05) is 11.4 Å². The molecule has 0 fully saturated rings. The number of ether oxygens (including phenoxy) is 3. The topological polar surface area (TPSA) is 95.7 Å². The van der Waals surface area contributed by atoms with Gasteiger partial charge in [0.25, 0.3) is 0 Å². The van der Waals surface area contributed by atoms with Gasteiger partial charge in [-0.1, -0.05) is 29.8 Å². The normalized spacial score (nSPS) is 11.9. The molecule has 0 aliphatic carbocycles. The lowest BCUT2D eigenvalue weighted by atomic mass is 10.0. The number of fused-ring (bicyclic) bond motifs is 1. The van der Waals surface area contributed by atoms with Gasteiger partial charge in [0.15, 0.2) is 11.5 Å². The fourth-order valence-corrected chi connectivity index (χ4v) is 3.54. The Hall–Kier alpha value is -3.78. The molecule has 0 saturated heterocycles. The summed E-state index contributed by atoms with van der Waals surface area (Å²) in [6.07, 6.45) is 0.604. The summed E-state index contributed by atoms with van der Waals surface area (Å²) in [6, 6.07) is 18.0. The second-order valence-electron chi connectivity index (χ2n) is 7.61. The van der Waals surface area contributed by atoms with E-state index < -0.39 is 11.9 Å². The molecule has 0 radical (unpaired) electrons. The molecule has 9 heteroatoms. The Morgan fingerprint density at radius 1 is 0.971 bits per heavy atom. The first-order valence-corrected chi connectivity index (χ1v) is 11.1. The van der Waals surface area contributed by atoms with Crippen LogP contribution in [0.2, 0.25) is 5.02 Å². The Bertz CT molecular complexity index is 1270. The summed E-state index contributed by atoms with van der Waals surface area (Å²) < 4.78 is 17.2. The van der Waals surface area contributed by atoms with E-state index in [2.05, 4.69) is 10.2 Å². The van der Waals surface area contributed by atoms with Crippen LogP contribution >= 0.6 is 11.6 Å². The number of carbonyl (C=O) groups is 1. The average molecular weight is 482 g/mol. The van der Waals surface area contributed by atoms with Gasteiger partial charge >= 0.3 is 5.97 Å². The van der Waals surface area contributed by atoms with E-state index in [-0.39, 0.29) is 0 Å². The molecular weight excluding hydrogens is 458 g/mol. The third kappa shape index (κ3) is 5.23. The zero-order valence-corrected chi connectivity index (χ0v) is 19.5. The van der Waals surface area contributed by atoms with Gasteiger partial charge in [0.1, 0.15) is 22.5 Å². The van der Waals surface area contributed by atoms with Crippen LogP contribution in [0.5, 0.6) is 17.2 Å². The molecule has 0 amide bonds. The van der Waals surface area contributed by atoms with Crippen molar-refractivity contribution in [2.45, 2.75) is 19.3 Å². The molecule has 1 atom stereocenters. The van der Waals surface area contributed by atoms with Crippen molar-refractivity contribution in [2.24, 2.45) is 0 Å². The molecule has 4 aromatic rings. The fourth-order valence-electron chi connectivity index (χ4n) is 3.37. The summed E-state index contributed by atoms with van der Waals surface area (Å²) in [5, 5.41) is 18.8. The summed E-state index contributed by atoms with van der Waals surface area (Å²) in [6.45, 7) is 2.41. The van der Waals surface area contributed by atoms with Crippen LogP contribution in [-0.2, 0) is 4.79 Å². The molecule has 3 aromatic carbocycles. The standard InChI is InChI=1S/C25H24ClN3O5/c1-16(25(30)31)17-8-10-23(24(14-17)32-2)34-13-5-12-33-22-11-9-18(26)15-21(22)29-27-19-6-3-4-7-20(19)28-29/h3-4,6-11,14-16H,5,12-13H2,1-2H3,(H,30,31). The molecule has 4 rings (SSSR count). The summed E-state index contributed by atoms with van der Waals surface area (Å²) in [5.74, 6) is 0.112. The Balaban J connectivity index is 1.38. The number of rotatable bonds is 10. The average Bonchev–Trinajstić information content (AvgIpc) is 3.28. The lowest BCUT2D eigenvalue weighted by Crippen LogP contribution is -2.09. The van der Waals surface area contributed by atoms with Crippen LogP contribution in [0.15, 0.2) is 60.7 Å². The predicted octanol–water partition coefficient (Wildman–Crippen LogP) is 5.12. The molecule has 34 heavy (non-hydrogen) atoms. The van der Waals surface area contributed by atoms with Gasteiger partial charge in [-0.15, -0.1) is 15.0 Å². The van der Waals surface area contributed by atoms with Gasteiger partial charge in [-0.2, -0.15) is 0 Å². The lowest BCUT2D eigenvalue weighted by Gasteiger charge is -2.14. The van der Waals surface area contributed by atoms with E-state index in [9.17, 15) is 9.90 Å². The number of halogens is 1. The van der Waals surface area contributed by atoms with E-state index in [1.54, 1.807) is 43.3 Å². The van der Waals surface area contributed by atoms with Gasteiger partial charge < -0.3 is 19.3 Å². The predicted molar refractivity (Wildman–Crippen MR) is 129 cm³/mol. The monoisotopic (exact) mass is 481 g/mol. The number of hydrogen-bond donors (Lipinski definition) is 1. The zero-order valence-electron chi connectivity index (χ0n) is 18.8. The van der Waals surface area contributed by atoms with Crippen molar-refractivity contribution >= 4 is 28.6 Å². The highest BCUT2D eigenvalue weighted by Gasteiger charge is 2.16. The molecule has 0 aliphatic rings. The number of nitrogens with zero attached hydrogens (tertiary/aromatic N) is 3. The number of benzene rings is 3. The SMILES string of the molecule is COc1cc(C(C)C(=O)O)ccc1OCCCOc1ccc(Cl)cc1-n1nc2ccccc2n1. The lowest BCUT2D eigenvalue weighted by molar-refractivity contribution is -0.138. The molecule has 0 bridgehead atoms. The number of carboxylic acid groups (broad SMARTS) is 1. The molecule has 8 nitrogen and oxygen atoms in total. The minimum atomic E-state index is -0.896. The van der Waals surface area contributed by atoms with E-state index in [1.165, 1.54) is 11.9 Å². The second-order valence-corrected chi connectivity index (χ2v) is 8.05. The van der Waals surface area contributed by atoms with E-state index in [4.69, 9.17) is 25.8 Å². The fraction of sp³-hybridized carbons (Fsp3) is 0.240. The minimum Gasteiger partial charge on any atom is -0.493 e. The molecule has 0 saturated carbocycles. The maximum absolute atomic E-state index is 11.2. The first kappa shape index (κ1) is 23.4.